The van der Waals surface area contributed by atoms with Crippen LogP contribution in [0.4, 0.5) is 5.69 Å². The quantitative estimate of drug-likeness (QED) is 0.906. The van der Waals surface area contributed by atoms with Gasteiger partial charge in [0.25, 0.3) is 0 Å². The number of hydrogen-bond donors (Lipinski definition) is 2. The van der Waals surface area contributed by atoms with Crippen LogP contribution < -0.4 is 5.32 Å². The van der Waals surface area contributed by atoms with Crippen LogP contribution in [-0.2, 0) is 7.05 Å². The molecule has 1 heterocycles. The van der Waals surface area contributed by atoms with E-state index in [1.54, 1.807) is 16.9 Å². The number of anilines is 1. The molecular formula is C12H13BrClN3O. The summed E-state index contributed by atoms with van der Waals surface area (Å²) in [5.41, 5.74) is 1.82. The molecule has 1 aromatic carbocycles. The van der Waals surface area contributed by atoms with Crippen molar-refractivity contribution >= 4 is 33.2 Å². The number of aliphatic hydroxyl groups excluding tert-OH is 1. The second-order valence-electron chi connectivity index (χ2n) is 3.96. The summed E-state index contributed by atoms with van der Waals surface area (Å²) < 4.78 is 2.52. The summed E-state index contributed by atoms with van der Waals surface area (Å²) >= 11 is 9.30. The molecule has 0 aliphatic rings. The summed E-state index contributed by atoms with van der Waals surface area (Å²) in [5.74, 6) is 0. The lowest BCUT2D eigenvalue weighted by Crippen LogP contribution is -2.14. The van der Waals surface area contributed by atoms with E-state index in [2.05, 4.69) is 26.3 Å². The van der Waals surface area contributed by atoms with Gasteiger partial charge in [-0.2, -0.15) is 5.10 Å². The van der Waals surface area contributed by atoms with Gasteiger partial charge in [0.15, 0.2) is 0 Å². The van der Waals surface area contributed by atoms with Crippen molar-refractivity contribution in [1.29, 1.82) is 0 Å². The number of aromatic nitrogens is 2. The molecule has 1 unspecified atom stereocenters. The van der Waals surface area contributed by atoms with E-state index < -0.39 is 0 Å². The van der Waals surface area contributed by atoms with Gasteiger partial charge in [0.2, 0.25) is 0 Å². The highest BCUT2D eigenvalue weighted by atomic mass is 79.9. The van der Waals surface area contributed by atoms with Crippen molar-refractivity contribution in [2.75, 3.05) is 11.9 Å². The number of nitrogens with one attached hydrogen (secondary N) is 1. The Morgan fingerprint density at radius 1 is 1.56 bits per heavy atom. The Balaban J connectivity index is 2.17. The predicted octanol–water partition coefficient (Wildman–Crippen LogP) is 2.98. The summed E-state index contributed by atoms with van der Waals surface area (Å²) in [7, 11) is 1.84. The van der Waals surface area contributed by atoms with Gasteiger partial charge in [0.1, 0.15) is 0 Å². The third-order valence-corrected chi connectivity index (χ3v) is 3.78. The van der Waals surface area contributed by atoms with Gasteiger partial charge in [0.05, 0.1) is 23.9 Å². The maximum Gasteiger partial charge on any atom is 0.0775 e. The van der Waals surface area contributed by atoms with Gasteiger partial charge in [-0.15, -0.1) is 0 Å². The maximum atomic E-state index is 9.44. The minimum Gasteiger partial charge on any atom is -0.394 e. The SMILES string of the molecule is Cn1cc(C(CO)Nc2ccc(Cl)c(Br)c2)cn1. The minimum absolute atomic E-state index is 0.00800. The first kappa shape index (κ1) is 13.4. The maximum absolute atomic E-state index is 9.44. The smallest absolute Gasteiger partial charge is 0.0775 e. The number of halogens is 2. The van der Waals surface area contributed by atoms with Crippen LogP contribution in [0.1, 0.15) is 11.6 Å². The predicted molar refractivity (Wildman–Crippen MR) is 75.8 cm³/mol. The second-order valence-corrected chi connectivity index (χ2v) is 5.22. The third-order valence-electron chi connectivity index (χ3n) is 2.57. The van der Waals surface area contributed by atoms with E-state index in [4.69, 9.17) is 11.6 Å². The molecule has 0 fully saturated rings. The van der Waals surface area contributed by atoms with E-state index in [0.29, 0.717) is 5.02 Å². The lowest BCUT2D eigenvalue weighted by molar-refractivity contribution is 0.276. The van der Waals surface area contributed by atoms with Crippen molar-refractivity contribution in [1.82, 2.24) is 9.78 Å². The summed E-state index contributed by atoms with van der Waals surface area (Å²) in [5, 5.41) is 17.4. The molecule has 0 aliphatic carbocycles. The number of rotatable bonds is 4. The molecule has 2 aromatic rings. The van der Waals surface area contributed by atoms with Crippen LogP contribution >= 0.6 is 27.5 Å². The molecule has 18 heavy (non-hydrogen) atoms. The monoisotopic (exact) mass is 329 g/mol. The zero-order valence-electron chi connectivity index (χ0n) is 9.77. The molecule has 2 N–H and O–H groups in total. The molecule has 6 heteroatoms. The van der Waals surface area contributed by atoms with Gasteiger partial charge in [-0.3, -0.25) is 4.68 Å². The normalized spacial score (nSPS) is 12.4. The first-order chi connectivity index (χ1) is 8.60. The highest BCUT2D eigenvalue weighted by molar-refractivity contribution is 9.10. The number of aryl methyl sites for hydroxylation is 1. The Bertz CT molecular complexity index is 544. The van der Waals surface area contributed by atoms with Crippen molar-refractivity contribution in [2.24, 2.45) is 7.05 Å². The zero-order valence-corrected chi connectivity index (χ0v) is 12.1. The van der Waals surface area contributed by atoms with E-state index in [-0.39, 0.29) is 12.6 Å². The van der Waals surface area contributed by atoms with Gasteiger partial charge in [-0.1, -0.05) is 11.6 Å². The topological polar surface area (TPSA) is 50.1 Å². The lowest BCUT2D eigenvalue weighted by Gasteiger charge is -2.16. The Morgan fingerprint density at radius 3 is 2.89 bits per heavy atom. The van der Waals surface area contributed by atoms with E-state index in [1.807, 2.05) is 25.4 Å². The Labute approximate surface area is 119 Å². The number of benzene rings is 1. The van der Waals surface area contributed by atoms with Crippen LogP contribution in [-0.4, -0.2) is 21.5 Å². The van der Waals surface area contributed by atoms with Gasteiger partial charge in [0, 0.05) is 29.0 Å². The van der Waals surface area contributed by atoms with Crippen LogP contribution in [0.25, 0.3) is 0 Å². The van der Waals surface area contributed by atoms with Crippen molar-refractivity contribution < 1.29 is 5.11 Å². The lowest BCUT2D eigenvalue weighted by atomic mass is 10.1. The molecule has 0 saturated carbocycles. The molecule has 1 aromatic heterocycles. The average molecular weight is 331 g/mol. The molecular weight excluding hydrogens is 318 g/mol. The Hall–Kier alpha value is -1.04. The van der Waals surface area contributed by atoms with Gasteiger partial charge < -0.3 is 10.4 Å². The number of nitrogens with zero attached hydrogens (tertiary/aromatic N) is 2. The molecule has 1 atom stereocenters. The molecule has 0 saturated heterocycles. The van der Waals surface area contributed by atoms with Crippen molar-refractivity contribution in [3.8, 4) is 0 Å². The third kappa shape index (κ3) is 3.04. The van der Waals surface area contributed by atoms with E-state index in [0.717, 1.165) is 15.7 Å². The summed E-state index contributed by atoms with van der Waals surface area (Å²) in [4.78, 5) is 0. The van der Waals surface area contributed by atoms with Crippen LogP contribution in [0.5, 0.6) is 0 Å². The summed E-state index contributed by atoms with van der Waals surface area (Å²) in [6.07, 6.45) is 3.61. The molecule has 0 bridgehead atoms. The second kappa shape index (κ2) is 5.73. The van der Waals surface area contributed by atoms with Crippen molar-refractivity contribution in [3.63, 3.8) is 0 Å². The van der Waals surface area contributed by atoms with Crippen LogP contribution in [0.3, 0.4) is 0 Å². The number of hydrogen-bond acceptors (Lipinski definition) is 3. The molecule has 2 rings (SSSR count). The van der Waals surface area contributed by atoms with Gasteiger partial charge >= 0.3 is 0 Å². The van der Waals surface area contributed by atoms with E-state index in [9.17, 15) is 5.11 Å². The highest BCUT2D eigenvalue weighted by Crippen LogP contribution is 2.27. The zero-order chi connectivity index (χ0) is 13.1. The molecule has 4 nitrogen and oxygen atoms in total. The largest absolute Gasteiger partial charge is 0.394 e. The van der Waals surface area contributed by atoms with Crippen LogP contribution in [0.2, 0.25) is 5.02 Å². The van der Waals surface area contributed by atoms with E-state index >= 15 is 0 Å². The molecule has 0 spiro atoms. The first-order valence-electron chi connectivity index (χ1n) is 5.41. The molecule has 0 amide bonds. The Morgan fingerprint density at radius 2 is 2.33 bits per heavy atom. The fraction of sp³-hybridized carbons (Fsp3) is 0.250. The average Bonchev–Trinajstić information content (AvgIpc) is 2.77. The standard InChI is InChI=1S/C12H13BrClN3O/c1-17-6-8(5-15-17)12(7-18)16-9-2-3-11(14)10(13)4-9/h2-6,12,16,18H,7H2,1H3. The fourth-order valence-corrected chi connectivity index (χ4v) is 2.14. The fourth-order valence-electron chi connectivity index (χ4n) is 1.64. The molecule has 0 radical (unpaired) electrons. The highest BCUT2D eigenvalue weighted by Gasteiger charge is 2.12. The molecule has 0 aliphatic heterocycles. The first-order valence-corrected chi connectivity index (χ1v) is 6.58. The summed E-state index contributed by atoms with van der Waals surface area (Å²) in [6, 6.07) is 5.35. The minimum atomic E-state index is -0.188. The van der Waals surface area contributed by atoms with Crippen molar-refractivity contribution in [2.45, 2.75) is 6.04 Å². The van der Waals surface area contributed by atoms with Crippen molar-refractivity contribution in [3.05, 3.63) is 45.7 Å². The van der Waals surface area contributed by atoms with Crippen LogP contribution in [0, 0.1) is 0 Å². The van der Waals surface area contributed by atoms with Gasteiger partial charge in [-0.05, 0) is 34.1 Å². The summed E-state index contributed by atoms with van der Waals surface area (Å²) in [6.45, 7) is -0.00800. The van der Waals surface area contributed by atoms with E-state index in [1.165, 1.54) is 0 Å². The molecule has 96 valence electrons. The number of aliphatic hydroxyl groups is 1. The van der Waals surface area contributed by atoms with Gasteiger partial charge in [-0.25, -0.2) is 0 Å². The Kier molecular flexibility index (Phi) is 4.27. The van der Waals surface area contributed by atoms with Crippen LogP contribution in [0.15, 0.2) is 35.1 Å².